The van der Waals surface area contributed by atoms with Crippen LogP contribution in [-0.2, 0) is 26.0 Å². The maximum atomic E-state index is 13.2. The second-order valence-corrected chi connectivity index (χ2v) is 11.3. The molecule has 1 saturated carbocycles. The van der Waals surface area contributed by atoms with Crippen molar-refractivity contribution in [2.75, 3.05) is 20.1 Å². The third kappa shape index (κ3) is 7.64. The Morgan fingerprint density at radius 1 is 0.971 bits per heavy atom. The maximum absolute atomic E-state index is 13.2. The molecule has 0 bridgehead atoms. The molecule has 0 radical (unpaired) electrons. The molecule has 0 heterocycles. The van der Waals surface area contributed by atoms with E-state index in [0.717, 1.165) is 31.2 Å². The summed E-state index contributed by atoms with van der Waals surface area (Å²) in [6.07, 6.45) is 5.41. The van der Waals surface area contributed by atoms with Crippen LogP contribution in [-0.4, -0.2) is 61.7 Å². The van der Waals surface area contributed by atoms with E-state index >= 15 is 0 Å². The standard InChI is InChI=1S/C27H37N3O4S/c1-22(27(32)28-24-14-9-10-15-24)30(21-19-23-12-5-3-6-13-23)26(31)18-11-20-29(2)35(33,34)25-16-7-4-8-17-25/h3-8,12-13,16-17,22,24H,9-11,14-15,18-21H2,1-2H3,(H,28,32). The van der Waals surface area contributed by atoms with E-state index in [4.69, 9.17) is 0 Å². The van der Waals surface area contributed by atoms with Gasteiger partial charge in [-0.2, -0.15) is 0 Å². The molecule has 1 fully saturated rings. The summed E-state index contributed by atoms with van der Waals surface area (Å²) in [5.41, 5.74) is 1.10. The Labute approximate surface area is 209 Å². The fourth-order valence-electron chi connectivity index (χ4n) is 4.45. The fraction of sp³-hybridized carbons (Fsp3) is 0.481. The highest BCUT2D eigenvalue weighted by Crippen LogP contribution is 2.19. The Hall–Kier alpha value is -2.71. The van der Waals surface area contributed by atoms with Gasteiger partial charge in [-0.25, -0.2) is 12.7 Å². The van der Waals surface area contributed by atoms with E-state index in [2.05, 4.69) is 5.32 Å². The average Bonchev–Trinajstić information content (AvgIpc) is 3.38. The van der Waals surface area contributed by atoms with Crippen molar-refractivity contribution in [3.8, 4) is 0 Å². The monoisotopic (exact) mass is 499 g/mol. The molecule has 3 rings (SSSR count). The summed E-state index contributed by atoms with van der Waals surface area (Å²) in [5, 5.41) is 3.10. The van der Waals surface area contributed by atoms with Gasteiger partial charge in [-0.1, -0.05) is 61.4 Å². The van der Waals surface area contributed by atoms with Crippen molar-refractivity contribution in [1.82, 2.24) is 14.5 Å². The largest absolute Gasteiger partial charge is 0.352 e. The Bertz CT molecular complexity index is 1050. The molecule has 0 aromatic heterocycles. The normalized spacial score (nSPS) is 15.2. The Balaban J connectivity index is 1.60. The van der Waals surface area contributed by atoms with Crippen molar-refractivity contribution in [2.45, 2.75) is 68.8 Å². The highest BCUT2D eigenvalue weighted by molar-refractivity contribution is 7.89. The van der Waals surface area contributed by atoms with Crippen LogP contribution < -0.4 is 5.32 Å². The smallest absolute Gasteiger partial charge is 0.242 e. The van der Waals surface area contributed by atoms with Crippen molar-refractivity contribution in [3.63, 3.8) is 0 Å². The molecule has 0 saturated heterocycles. The molecule has 1 aliphatic carbocycles. The van der Waals surface area contributed by atoms with Gasteiger partial charge in [0.25, 0.3) is 0 Å². The summed E-state index contributed by atoms with van der Waals surface area (Å²) in [7, 11) is -2.08. The van der Waals surface area contributed by atoms with Gasteiger partial charge in [-0.15, -0.1) is 0 Å². The molecule has 7 nitrogen and oxygen atoms in total. The summed E-state index contributed by atoms with van der Waals surface area (Å²) in [4.78, 5) is 28.0. The molecule has 2 aromatic rings. The summed E-state index contributed by atoms with van der Waals surface area (Å²) >= 11 is 0. The Kier molecular flexibility index (Phi) is 9.86. The van der Waals surface area contributed by atoms with E-state index in [1.807, 2.05) is 30.3 Å². The van der Waals surface area contributed by atoms with Gasteiger partial charge in [-0.05, 0) is 50.3 Å². The third-order valence-electron chi connectivity index (χ3n) is 6.67. The lowest BCUT2D eigenvalue weighted by atomic mass is 10.1. The maximum Gasteiger partial charge on any atom is 0.242 e. The third-order valence-corrected chi connectivity index (χ3v) is 8.54. The SMILES string of the molecule is CC(C(=O)NC1CCCC1)N(CCc1ccccc1)C(=O)CCCN(C)S(=O)(=O)c1ccccc1. The number of carbonyl (C=O) groups is 2. The van der Waals surface area contributed by atoms with E-state index in [1.54, 1.807) is 42.2 Å². The van der Waals surface area contributed by atoms with E-state index in [9.17, 15) is 18.0 Å². The Morgan fingerprint density at radius 3 is 2.20 bits per heavy atom. The van der Waals surface area contributed by atoms with E-state index in [0.29, 0.717) is 19.4 Å². The van der Waals surface area contributed by atoms with E-state index in [1.165, 1.54) is 11.4 Å². The molecular formula is C27H37N3O4S. The van der Waals surface area contributed by atoms with E-state index in [-0.39, 0.29) is 35.7 Å². The van der Waals surface area contributed by atoms with Crippen LogP contribution in [0.5, 0.6) is 0 Å². The average molecular weight is 500 g/mol. The van der Waals surface area contributed by atoms with Gasteiger partial charge >= 0.3 is 0 Å². The van der Waals surface area contributed by atoms with Crippen LogP contribution in [0.2, 0.25) is 0 Å². The highest BCUT2D eigenvalue weighted by Gasteiger charge is 2.28. The fourth-order valence-corrected chi connectivity index (χ4v) is 5.68. The molecule has 1 atom stereocenters. The predicted octanol–water partition coefficient (Wildman–Crippen LogP) is 3.61. The van der Waals surface area contributed by atoms with Crippen LogP contribution in [0.3, 0.4) is 0 Å². The van der Waals surface area contributed by atoms with Gasteiger partial charge in [-0.3, -0.25) is 9.59 Å². The molecule has 2 amide bonds. The number of hydrogen-bond donors (Lipinski definition) is 1. The molecule has 1 aliphatic rings. The zero-order chi connectivity index (χ0) is 25.3. The van der Waals surface area contributed by atoms with Gasteiger partial charge in [0, 0.05) is 32.6 Å². The van der Waals surface area contributed by atoms with Crippen LogP contribution in [0, 0.1) is 0 Å². The van der Waals surface area contributed by atoms with Gasteiger partial charge in [0.2, 0.25) is 21.8 Å². The number of nitrogens with one attached hydrogen (secondary N) is 1. The molecule has 0 spiro atoms. The van der Waals surface area contributed by atoms with Crippen molar-refractivity contribution < 1.29 is 18.0 Å². The minimum atomic E-state index is -3.60. The van der Waals surface area contributed by atoms with Crippen LogP contribution in [0.25, 0.3) is 0 Å². The van der Waals surface area contributed by atoms with Crippen LogP contribution >= 0.6 is 0 Å². The molecule has 190 valence electrons. The first-order valence-corrected chi connectivity index (χ1v) is 13.9. The van der Waals surface area contributed by atoms with Crippen molar-refractivity contribution in [3.05, 3.63) is 66.2 Å². The zero-order valence-electron chi connectivity index (χ0n) is 20.7. The van der Waals surface area contributed by atoms with Crippen LogP contribution in [0.4, 0.5) is 0 Å². The first-order valence-electron chi connectivity index (χ1n) is 12.4. The lowest BCUT2D eigenvalue weighted by molar-refractivity contribution is -0.140. The molecular weight excluding hydrogens is 462 g/mol. The zero-order valence-corrected chi connectivity index (χ0v) is 21.5. The number of amides is 2. The van der Waals surface area contributed by atoms with Gasteiger partial charge in [0.1, 0.15) is 6.04 Å². The molecule has 35 heavy (non-hydrogen) atoms. The highest BCUT2D eigenvalue weighted by atomic mass is 32.2. The molecule has 0 aliphatic heterocycles. The molecule has 8 heteroatoms. The predicted molar refractivity (Wildman–Crippen MR) is 137 cm³/mol. The molecule has 2 aromatic carbocycles. The second-order valence-electron chi connectivity index (χ2n) is 9.23. The van der Waals surface area contributed by atoms with Crippen molar-refractivity contribution in [1.29, 1.82) is 0 Å². The van der Waals surface area contributed by atoms with Crippen molar-refractivity contribution in [2.24, 2.45) is 0 Å². The number of nitrogens with zero attached hydrogens (tertiary/aromatic N) is 2. The summed E-state index contributed by atoms with van der Waals surface area (Å²) in [6.45, 7) is 2.43. The summed E-state index contributed by atoms with van der Waals surface area (Å²) < 4.78 is 26.8. The van der Waals surface area contributed by atoms with Gasteiger partial charge in [0.05, 0.1) is 4.90 Å². The minimum absolute atomic E-state index is 0.123. The minimum Gasteiger partial charge on any atom is -0.352 e. The van der Waals surface area contributed by atoms with Crippen LogP contribution in [0.15, 0.2) is 65.6 Å². The van der Waals surface area contributed by atoms with Crippen molar-refractivity contribution >= 4 is 21.8 Å². The number of carbonyl (C=O) groups excluding carboxylic acids is 2. The van der Waals surface area contributed by atoms with Crippen LogP contribution in [0.1, 0.15) is 51.0 Å². The Morgan fingerprint density at radius 2 is 1.57 bits per heavy atom. The van der Waals surface area contributed by atoms with Gasteiger partial charge in [0.15, 0.2) is 0 Å². The lowest BCUT2D eigenvalue weighted by Gasteiger charge is -2.30. The lowest BCUT2D eigenvalue weighted by Crippen LogP contribution is -2.50. The summed E-state index contributed by atoms with van der Waals surface area (Å²) in [6, 6.07) is 17.8. The summed E-state index contributed by atoms with van der Waals surface area (Å²) in [5.74, 6) is -0.261. The second kappa shape index (κ2) is 12.8. The quantitative estimate of drug-likeness (QED) is 0.483. The molecule has 1 unspecified atom stereocenters. The number of rotatable bonds is 12. The first-order chi connectivity index (χ1) is 16.8. The number of sulfonamides is 1. The molecule has 1 N–H and O–H groups in total. The van der Waals surface area contributed by atoms with E-state index < -0.39 is 16.1 Å². The first kappa shape index (κ1) is 26.9. The number of benzene rings is 2. The van der Waals surface area contributed by atoms with Gasteiger partial charge < -0.3 is 10.2 Å². The topological polar surface area (TPSA) is 86.8 Å². The number of hydrogen-bond acceptors (Lipinski definition) is 4.